The third kappa shape index (κ3) is 3.76. The highest BCUT2D eigenvalue weighted by Gasteiger charge is 2.38. The van der Waals surface area contributed by atoms with Crippen LogP contribution < -0.4 is 0 Å². The average molecular weight is 442 g/mol. The molecule has 3 heterocycles. The molecule has 10 heteroatoms. The number of aromatic amines is 1. The quantitative estimate of drug-likeness (QED) is 0.451. The Morgan fingerprint density at radius 2 is 1.97 bits per heavy atom. The van der Waals surface area contributed by atoms with Gasteiger partial charge < -0.3 is 4.57 Å². The maximum atomic E-state index is 14.5. The predicted molar refractivity (Wildman–Crippen MR) is 108 cm³/mol. The molecule has 1 N–H and O–H groups in total. The molecule has 1 aliphatic rings. The molecule has 3 aromatic heterocycles. The Hall–Kier alpha value is -3.56. The van der Waals surface area contributed by atoms with Crippen molar-refractivity contribution in [3.8, 4) is 22.6 Å². The van der Waals surface area contributed by atoms with Crippen LogP contribution in [0.15, 0.2) is 49.1 Å². The van der Waals surface area contributed by atoms with Crippen LogP contribution in [0.5, 0.6) is 0 Å². The number of rotatable bonds is 4. The molecule has 0 bridgehead atoms. The predicted octanol–water partition coefficient (Wildman–Crippen LogP) is 5.01. The summed E-state index contributed by atoms with van der Waals surface area (Å²) in [5.41, 5.74) is 1.58. The molecule has 0 amide bonds. The van der Waals surface area contributed by atoms with E-state index in [2.05, 4.69) is 20.2 Å². The summed E-state index contributed by atoms with van der Waals surface area (Å²) in [5, 5.41) is 8.92. The van der Waals surface area contributed by atoms with Gasteiger partial charge in [0.1, 0.15) is 17.2 Å². The lowest BCUT2D eigenvalue weighted by atomic mass is 9.82. The van der Waals surface area contributed by atoms with Gasteiger partial charge in [-0.1, -0.05) is 12.1 Å². The van der Waals surface area contributed by atoms with Crippen molar-refractivity contribution in [2.45, 2.75) is 37.9 Å². The van der Waals surface area contributed by atoms with Crippen LogP contribution in [-0.2, 0) is 19.1 Å². The van der Waals surface area contributed by atoms with E-state index >= 15 is 0 Å². The summed E-state index contributed by atoms with van der Waals surface area (Å²) in [5.74, 6) is -0.152. The van der Waals surface area contributed by atoms with Gasteiger partial charge in [-0.3, -0.25) is 4.98 Å². The van der Waals surface area contributed by atoms with Crippen molar-refractivity contribution in [1.82, 2.24) is 29.9 Å². The highest BCUT2D eigenvalue weighted by atomic mass is 19.4. The van der Waals surface area contributed by atoms with Gasteiger partial charge in [-0.15, -0.1) is 0 Å². The molecule has 0 unspecified atom stereocenters. The Morgan fingerprint density at radius 3 is 2.81 bits per heavy atom. The van der Waals surface area contributed by atoms with Gasteiger partial charge in [0.05, 0.1) is 12.0 Å². The average Bonchev–Trinajstić information content (AvgIpc) is 3.44. The maximum Gasteiger partial charge on any atom is 0.437 e. The van der Waals surface area contributed by atoms with Crippen LogP contribution in [0, 0.1) is 5.82 Å². The molecule has 0 saturated carbocycles. The number of pyridine rings is 1. The first-order chi connectivity index (χ1) is 15.4. The number of hydrogen-bond acceptors (Lipinski definition) is 4. The van der Waals surface area contributed by atoms with Crippen molar-refractivity contribution < 1.29 is 17.6 Å². The standard InChI is InChI=1S/C22H18F4N6/c23-16-6-2-4-13-3-1-5-15(19(13)16)10-32-11-18(28-12-32)17-9-14(7-8-27-17)20-21(22(24,25)26)30-31-29-20/h2,4,6-9,11-12,15H,1,3,5,10H2,(H,29,30,31)/t15-/m0/s1. The van der Waals surface area contributed by atoms with Gasteiger partial charge in [0.2, 0.25) is 0 Å². The van der Waals surface area contributed by atoms with Crippen LogP contribution in [0.2, 0.25) is 0 Å². The summed E-state index contributed by atoms with van der Waals surface area (Å²) >= 11 is 0. The van der Waals surface area contributed by atoms with E-state index in [1.165, 1.54) is 24.4 Å². The monoisotopic (exact) mass is 442 g/mol. The number of fused-ring (bicyclic) bond motifs is 1. The molecule has 1 atom stereocenters. The van der Waals surface area contributed by atoms with Gasteiger partial charge >= 0.3 is 6.18 Å². The number of benzene rings is 1. The fourth-order valence-electron chi connectivity index (χ4n) is 4.32. The van der Waals surface area contributed by atoms with Crippen LogP contribution in [0.25, 0.3) is 22.6 Å². The number of hydrogen-bond donors (Lipinski definition) is 1. The summed E-state index contributed by atoms with van der Waals surface area (Å²) in [6.07, 6.45) is 2.93. The largest absolute Gasteiger partial charge is 0.437 e. The fraction of sp³-hybridized carbons (Fsp3) is 0.273. The minimum absolute atomic E-state index is 0.0331. The SMILES string of the molecule is Fc1cccc2c1[C@H](Cn1cnc(-c3cc(-c4n[nH]nc4C(F)(F)F)ccn3)c1)CCC2. The lowest BCUT2D eigenvalue weighted by Crippen LogP contribution is -2.16. The van der Waals surface area contributed by atoms with E-state index in [-0.39, 0.29) is 23.0 Å². The van der Waals surface area contributed by atoms with Crippen LogP contribution in [0.3, 0.4) is 0 Å². The van der Waals surface area contributed by atoms with Gasteiger partial charge in [-0.25, -0.2) is 9.37 Å². The lowest BCUT2D eigenvalue weighted by Gasteiger charge is -2.26. The van der Waals surface area contributed by atoms with Crippen molar-refractivity contribution in [2.24, 2.45) is 0 Å². The van der Waals surface area contributed by atoms with Crippen molar-refractivity contribution in [3.63, 3.8) is 0 Å². The van der Waals surface area contributed by atoms with E-state index in [1.54, 1.807) is 18.6 Å². The number of H-pyrrole nitrogens is 1. The maximum absolute atomic E-state index is 14.5. The molecule has 0 fully saturated rings. The number of halogens is 4. The molecule has 5 rings (SSSR count). The molecule has 0 spiro atoms. The van der Waals surface area contributed by atoms with Crippen molar-refractivity contribution in [3.05, 3.63) is 71.7 Å². The Balaban J connectivity index is 1.41. The Morgan fingerprint density at radius 1 is 1.09 bits per heavy atom. The highest BCUT2D eigenvalue weighted by Crippen LogP contribution is 2.36. The Kier molecular flexibility index (Phi) is 4.99. The number of nitrogens with one attached hydrogen (secondary N) is 1. The molecule has 0 aliphatic heterocycles. The first-order valence-corrected chi connectivity index (χ1v) is 10.1. The molecule has 1 aliphatic carbocycles. The second-order valence-electron chi connectivity index (χ2n) is 7.81. The van der Waals surface area contributed by atoms with Crippen molar-refractivity contribution in [2.75, 3.05) is 0 Å². The van der Waals surface area contributed by atoms with Gasteiger partial charge in [-0.05, 0) is 48.6 Å². The molecule has 1 aromatic carbocycles. The van der Waals surface area contributed by atoms with E-state index in [4.69, 9.17) is 0 Å². The summed E-state index contributed by atoms with van der Waals surface area (Å²) in [7, 11) is 0. The third-order valence-corrected chi connectivity index (χ3v) is 5.73. The molecule has 0 radical (unpaired) electrons. The van der Waals surface area contributed by atoms with Gasteiger partial charge in [-0.2, -0.15) is 28.6 Å². The summed E-state index contributed by atoms with van der Waals surface area (Å²) in [4.78, 5) is 8.61. The normalized spacial score (nSPS) is 16.2. The van der Waals surface area contributed by atoms with Crippen molar-refractivity contribution in [1.29, 1.82) is 0 Å². The fourth-order valence-corrected chi connectivity index (χ4v) is 4.32. The van der Waals surface area contributed by atoms with Gasteiger partial charge in [0.15, 0.2) is 5.69 Å². The van der Waals surface area contributed by atoms with Crippen LogP contribution in [0.4, 0.5) is 17.6 Å². The van der Waals surface area contributed by atoms with E-state index in [1.807, 2.05) is 15.8 Å². The number of aryl methyl sites for hydroxylation is 1. The first-order valence-electron chi connectivity index (χ1n) is 10.1. The van der Waals surface area contributed by atoms with Crippen LogP contribution in [0.1, 0.15) is 35.6 Å². The zero-order chi connectivity index (χ0) is 22.3. The smallest absolute Gasteiger partial charge is 0.336 e. The van der Waals surface area contributed by atoms with E-state index in [0.29, 0.717) is 17.9 Å². The van der Waals surface area contributed by atoms with Gasteiger partial charge in [0.25, 0.3) is 0 Å². The Labute approximate surface area is 180 Å². The van der Waals surface area contributed by atoms with E-state index in [0.717, 1.165) is 30.4 Å². The number of aromatic nitrogens is 6. The number of nitrogens with zero attached hydrogens (tertiary/aromatic N) is 5. The zero-order valence-corrected chi connectivity index (χ0v) is 16.8. The Bertz CT molecular complexity index is 1260. The van der Waals surface area contributed by atoms with Crippen molar-refractivity contribution >= 4 is 0 Å². The number of imidazole rings is 1. The third-order valence-electron chi connectivity index (χ3n) is 5.73. The molecule has 6 nitrogen and oxygen atoms in total. The topological polar surface area (TPSA) is 72.3 Å². The molecule has 32 heavy (non-hydrogen) atoms. The summed E-state index contributed by atoms with van der Waals surface area (Å²) in [6.45, 7) is 0.558. The molecule has 4 aromatic rings. The highest BCUT2D eigenvalue weighted by molar-refractivity contribution is 5.67. The second kappa shape index (κ2) is 7.85. The first kappa shape index (κ1) is 20.3. The molecular formula is C22H18F4N6. The molecule has 0 saturated heterocycles. The summed E-state index contributed by atoms with van der Waals surface area (Å²) < 4.78 is 55.8. The zero-order valence-electron chi connectivity index (χ0n) is 16.8. The van der Waals surface area contributed by atoms with E-state index in [9.17, 15) is 17.6 Å². The molecule has 164 valence electrons. The second-order valence-corrected chi connectivity index (χ2v) is 7.81. The number of alkyl halides is 3. The van der Waals surface area contributed by atoms with E-state index < -0.39 is 11.9 Å². The van der Waals surface area contributed by atoms with Gasteiger partial charge in [0, 0.05) is 30.4 Å². The minimum atomic E-state index is -4.63. The minimum Gasteiger partial charge on any atom is -0.336 e. The molecular weight excluding hydrogens is 424 g/mol. The van der Waals surface area contributed by atoms with Crippen LogP contribution in [-0.4, -0.2) is 29.9 Å². The van der Waals surface area contributed by atoms with Crippen LogP contribution >= 0.6 is 0 Å². The lowest BCUT2D eigenvalue weighted by molar-refractivity contribution is -0.140. The summed E-state index contributed by atoms with van der Waals surface area (Å²) in [6, 6.07) is 8.14.